The summed E-state index contributed by atoms with van der Waals surface area (Å²) in [5.41, 5.74) is 3.06. The van der Waals surface area contributed by atoms with Crippen LogP contribution in [0.5, 0.6) is 0 Å². The van der Waals surface area contributed by atoms with Crippen LogP contribution in [0.4, 0.5) is 23.7 Å². The maximum atomic E-state index is 12.2. The normalized spacial score (nSPS) is 15.0. The largest absolute Gasteiger partial charge is 0.405 e. The Bertz CT molecular complexity index is 744. The van der Waals surface area contributed by atoms with Crippen molar-refractivity contribution in [1.82, 2.24) is 15.2 Å². The van der Waals surface area contributed by atoms with Crippen molar-refractivity contribution in [2.75, 3.05) is 37.6 Å². The summed E-state index contributed by atoms with van der Waals surface area (Å²) in [7, 11) is 0. The predicted molar refractivity (Wildman–Crippen MR) is 92.9 cm³/mol. The minimum Gasteiger partial charge on any atom is -0.366 e. The van der Waals surface area contributed by atoms with Crippen molar-refractivity contribution in [3.05, 3.63) is 48.8 Å². The highest BCUT2D eigenvalue weighted by Crippen LogP contribution is 2.30. The fourth-order valence-corrected chi connectivity index (χ4v) is 2.94. The fraction of sp³-hybridized carbons (Fsp3) is 0.333. The number of halogens is 3. The van der Waals surface area contributed by atoms with Crippen molar-refractivity contribution >= 4 is 11.7 Å². The van der Waals surface area contributed by atoms with Gasteiger partial charge >= 0.3 is 12.2 Å². The molecule has 1 aromatic carbocycles. The highest BCUT2D eigenvalue weighted by Gasteiger charge is 2.30. The van der Waals surface area contributed by atoms with Crippen molar-refractivity contribution in [2.45, 2.75) is 6.18 Å². The van der Waals surface area contributed by atoms with Crippen LogP contribution in [0.15, 0.2) is 48.8 Å². The van der Waals surface area contributed by atoms with Crippen molar-refractivity contribution in [3.8, 4) is 11.1 Å². The van der Waals surface area contributed by atoms with Crippen molar-refractivity contribution in [1.29, 1.82) is 0 Å². The van der Waals surface area contributed by atoms with Crippen LogP contribution >= 0.6 is 0 Å². The molecule has 0 aliphatic carbocycles. The number of carbonyl (C=O) groups is 1. The number of alkyl halides is 3. The summed E-state index contributed by atoms with van der Waals surface area (Å²) in [5, 5.41) is 1.92. The molecule has 0 bridgehead atoms. The Kier molecular flexibility index (Phi) is 5.29. The zero-order valence-corrected chi connectivity index (χ0v) is 14.0. The predicted octanol–water partition coefficient (Wildman–Crippen LogP) is 3.14. The number of aromatic nitrogens is 1. The van der Waals surface area contributed by atoms with Crippen LogP contribution in [-0.2, 0) is 0 Å². The average Bonchev–Trinajstić information content (AvgIpc) is 2.66. The van der Waals surface area contributed by atoms with Gasteiger partial charge in [0.1, 0.15) is 6.54 Å². The lowest BCUT2D eigenvalue weighted by Crippen LogP contribution is -2.53. The SMILES string of the molecule is O=C(NCC(F)(F)F)N1CCN(c2cnccc2-c2ccccc2)CC1. The van der Waals surface area contributed by atoms with E-state index in [1.54, 1.807) is 12.4 Å². The minimum atomic E-state index is -4.40. The Balaban J connectivity index is 1.65. The maximum Gasteiger partial charge on any atom is 0.405 e. The number of hydrogen-bond donors (Lipinski definition) is 1. The molecule has 1 N–H and O–H groups in total. The van der Waals surface area contributed by atoms with E-state index >= 15 is 0 Å². The number of carbonyl (C=O) groups excluding carboxylic acids is 1. The van der Waals surface area contributed by atoms with Gasteiger partial charge in [-0.3, -0.25) is 4.98 Å². The number of amides is 2. The standard InChI is InChI=1S/C18H19F3N4O/c19-18(20,21)13-23-17(26)25-10-8-24(9-11-25)16-12-22-7-6-15(16)14-4-2-1-3-5-14/h1-7,12H,8-11,13H2,(H,23,26). The Morgan fingerprint density at radius 3 is 2.42 bits per heavy atom. The number of benzene rings is 1. The number of nitrogens with zero attached hydrogens (tertiary/aromatic N) is 3. The molecule has 138 valence electrons. The lowest BCUT2D eigenvalue weighted by molar-refractivity contribution is -0.123. The Labute approximate surface area is 149 Å². The van der Waals surface area contributed by atoms with Crippen LogP contribution < -0.4 is 10.2 Å². The number of anilines is 1. The van der Waals surface area contributed by atoms with Crippen molar-refractivity contribution in [2.24, 2.45) is 0 Å². The fourth-order valence-electron chi connectivity index (χ4n) is 2.94. The van der Waals surface area contributed by atoms with Crippen molar-refractivity contribution < 1.29 is 18.0 Å². The molecule has 2 heterocycles. The van der Waals surface area contributed by atoms with Gasteiger partial charge < -0.3 is 15.1 Å². The van der Waals surface area contributed by atoms with Crippen LogP contribution in [0.2, 0.25) is 0 Å². The van der Waals surface area contributed by atoms with Crippen LogP contribution in [0.1, 0.15) is 0 Å². The summed E-state index contributed by atoms with van der Waals surface area (Å²) in [5.74, 6) is 0. The number of rotatable bonds is 3. The second-order valence-electron chi connectivity index (χ2n) is 6.01. The second-order valence-corrected chi connectivity index (χ2v) is 6.01. The third kappa shape index (κ3) is 4.44. The minimum absolute atomic E-state index is 0.354. The van der Waals surface area contributed by atoms with Gasteiger partial charge in [0, 0.05) is 37.9 Å². The number of hydrogen-bond acceptors (Lipinski definition) is 3. The zero-order valence-electron chi connectivity index (χ0n) is 14.0. The maximum absolute atomic E-state index is 12.2. The highest BCUT2D eigenvalue weighted by atomic mass is 19.4. The van der Waals surface area contributed by atoms with Gasteiger partial charge in [-0.1, -0.05) is 30.3 Å². The molecule has 0 spiro atoms. The molecule has 0 atom stereocenters. The van der Waals surface area contributed by atoms with Crippen LogP contribution in [0.3, 0.4) is 0 Å². The molecule has 8 heteroatoms. The summed E-state index contributed by atoms with van der Waals surface area (Å²) >= 11 is 0. The highest BCUT2D eigenvalue weighted by molar-refractivity contribution is 5.78. The monoisotopic (exact) mass is 364 g/mol. The molecule has 2 amide bonds. The first-order valence-electron chi connectivity index (χ1n) is 8.28. The van der Waals surface area contributed by atoms with Gasteiger partial charge in [0.15, 0.2) is 0 Å². The zero-order chi connectivity index (χ0) is 18.6. The van der Waals surface area contributed by atoms with Crippen LogP contribution in [-0.4, -0.2) is 54.8 Å². The van der Waals surface area contributed by atoms with Gasteiger partial charge in [-0.05, 0) is 11.6 Å². The summed E-state index contributed by atoms with van der Waals surface area (Å²) in [4.78, 5) is 19.6. The van der Waals surface area contributed by atoms with Gasteiger partial charge in [0.2, 0.25) is 0 Å². The van der Waals surface area contributed by atoms with E-state index < -0.39 is 18.8 Å². The van der Waals surface area contributed by atoms with Crippen molar-refractivity contribution in [3.63, 3.8) is 0 Å². The number of urea groups is 1. The molecule has 0 unspecified atom stereocenters. The quantitative estimate of drug-likeness (QED) is 0.910. The smallest absolute Gasteiger partial charge is 0.366 e. The molecule has 2 aromatic rings. The molecule has 1 aliphatic rings. The first kappa shape index (κ1) is 18.0. The molecule has 1 aromatic heterocycles. The summed E-state index contributed by atoms with van der Waals surface area (Å²) in [6, 6.07) is 11.1. The number of nitrogens with one attached hydrogen (secondary N) is 1. The molecule has 0 saturated carbocycles. The molecule has 0 radical (unpaired) electrons. The van der Waals surface area contributed by atoms with Gasteiger partial charge in [-0.15, -0.1) is 0 Å². The van der Waals surface area contributed by atoms with Gasteiger partial charge in [-0.2, -0.15) is 13.2 Å². The Morgan fingerprint density at radius 2 is 1.77 bits per heavy atom. The van der Waals surface area contributed by atoms with Gasteiger partial charge in [0.25, 0.3) is 0 Å². The van der Waals surface area contributed by atoms with E-state index in [1.807, 2.05) is 41.7 Å². The number of pyridine rings is 1. The summed E-state index contributed by atoms with van der Waals surface area (Å²) < 4.78 is 36.7. The summed E-state index contributed by atoms with van der Waals surface area (Å²) in [6.07, 6.45) is -0.897. The average molecular weight is 364 g/mol. The van der Waals surface area contributed by atoms with Crippen LogP contribution in [0, 0.1) is 0 Å². The topological polar surface area (TPSA) is 48.5 Å². The first-order valence-corrected chi connectivity index (χ1v) is 8.28. The Hall–Kier alpha value is -2.77. The second kappa shape index (κ2) is 7.63. The van der Waals surface area contributed by atoms with Crippen LogP contribution in [0.25, 0.3) is 11.1 Å². The lowest BCUT2D eigenvalue weighted by Gasteiger charge is -2.36. The van der Waals surface area contributed by atoms with E-state index in [9.17, 15) is 18.0 Å². The van der Waals surface area contributed by atoms with Gasteiger partial charge in [-0.25, -0.2) is 4.79 Å². The third-order valence-corrected chi connectivity index (χ3v) is 4.23. The van der Waals surface area contributed by atoms with E-state index in [2.05, 4.69) is 9.88 Å². The third-order valence-electron chi connectivity index (χ3n) is 4.23. The molecular weight excluding hydrogens is 345 g/mol. The van der Waals surface area contributed by atoms with E-state index in [-0.39, 0.29) is 0 Å². The molecular formula is C18H19F3N4O. The van der Waals surface area contributed by atoms with E-state index in [0.717, 1.165) is 16.8 Å². The van der Waals surface area contributed by atoms with E-state index in [0.29, 0.717) is 26.2 Å². The lowest BCUT2D eigenvalue weighted by atomic mass is 10.0. The summed E-state index contributed by atoms with van der Waals surface area (Å²) in [6.45, 7) is 0.461. The van der Waals surface area contributed by atoms with E-state index in [4.69, 9.17) is 0 Å². The first-order chi connectivity index (χ1) is 12.4. The number of piperazine rings is 1. The molecule has 1 fully saturated rings. The Morgan fingerprint density at radius 1 is 1.08 bits per heavy atom. The molecule has 3 rings (SSSR count). The van der Waals surface area contributed by atoms with E-state index in [1.165, 1.54) is 4.90 Å². The molecule has 5 nitrogen and oxygen atoms in total. The molecule has 1 saturated heterocycles. The van der Waals surface area contributed by atoms with Gasteiger partial charge in [0.05, 0.1) is 11.9 Å². The molecule has 26 heavy (non-hydrogen) atoms. The molecule has 1 aliphatic heterocycles.